The largest absolute Gasteiger partial charge is 0.374 e. The van der Waals surface area contributed by atoms with Crippen LogP contribution in [0.25, 0.3) is 0 Å². The van der Waals surface area contributed by atoms with Crippen LogP contribution in [0.5, 0.6) is 0 Å². The molecule has 4 rings (SSSR count). The Kier molecular flexibility index (Phi) is 11.1. The third-order valence-electron chi connectivity index (χ3n) is 6.92. The molecule has 1 unspecified atom stereocenters. The van der Waals surface area contributed by atoms with Crippen molar-refractivity contribution in [3.63, 3.8) is 0 Å². The van der Waals surface area contributed by atoms with Crippen molar-refractivity contribution in [1.29, 1.82) is 0 Å². The van der Waals surface area contributed by atoms with Gasteiger partial charge >= 0.3 is 0 Å². The van der Waals surface area contributed by atoms with E-state index in [1.165, 1.54) is 0 Å². The van der Waals surface area contributed by atoms with Gasteiger partial charge in [-0.25, -0.2) is 0 Å². The van der Waals surface area contributed by atoms with E-state index in [-0.39, 0.29) is 30.3 Å². The van der Waals surface area contributed by atoms with Gasteiger partial charge in [-0.15, -0.1) is 0 Å². The van der Waals surface area contributed by atoms with Crippen LogP contribution in [0, 0.1) is 11.8 Å². The molecule has 202 valence electrons. The molecule has 0 spiro atoms. The van der Waals surface area contributed by atoms with Gasteiger partial charge in [0, 0.05) is 12.3 Å². The van der Waals surface area contributed by atoms with E-state index in [0.29, 0.717) is 32.3 Å². The predicted octanol–water partition coefficient (Wildman–Crippen LogP) is 7.38. The van der Waals surface area contributed by atoms with Gasteiger partial charge in [-0.3, -0.25) is 0 Å². The average molecular weight is 515 g/mol. The highest BCUT2D eigenvalue weighted by Crippen LogP contribution is 2.31. The second kappa shape index (κ2) is 15.0. The average Bonchev–Trinajstić information content (AvgIpc) is 2.95. The van der Waals surface area contributed by atoms with Crippen molar-refractivity contribution in [2.75, 3.05) is 6.61 Å². The van der Waals surface area contributed by atoms with Gasteiger partial charge < -0.3 is 18.9 Å². The van der Waals surface area contributed by atoms with E-state index < -0.39 is 0 Å². The summed E-state index contributed by atoms with van der Waals surface area (Å²) in [6.07, 6.45) is 4.73. The third-order valence-corrected chi connectivity index (χ3v) is 6.92. The fraction of sp³-hybridized carbons (Fsp3) is 0.412. The van der Waals surface area contributed by atoms with Crippen LogP contribution in [-0.2, 0) is 38.8 Å². The fourth-order valence-corrected chi connectivity index (χ4v) is 4.74. The van der Waals surface area contributed by atoms with Crippen molar-refractivity contribution in [3.8, 4) is 0 Å². The van der Waals surface area contributed by atoms with E-state index >= 15 is 0 Å². The highest BCUT2D eigenvalue weighted by Gasteiger charge is 2.41. The summed E-state index contributed by atoms with van der Waals surface area (Å²) in [7, 11) is 0. The van der Waals surface area contributed by atoms with Gasteiger partial charge in [-0.1, -0.05) is 124 Å². The molecule has 1 aliphatic heterocycles. The maximum Gasteiger partial charge on any atom is 0.113 e. The molecule has 1 fully saturated rings. The summed E-state index contributed by atoms with van der Waals surface area (Å²) >= 11 is 0. The van der Waals surface area contributed by atoms with Crippen LogP contribution in [0.15, 0.2) is 103 Å². The Morgan fingerprint density at radius 2 is 1.24 bits per heavy atom. The maximum atomic E-state index is 6.72. The first-order valence-corrected chi connectivity index (χ1v) is 13.8. The zero-order valence-corrected chi connectivity index (χ0v) is 22.9. The number of hydrogen-bond donors (Lipinski definition) is 0. The van der Waals surface area contributed by atoms with E-state index in [4.69, 9.17) is 18.9 Å². The Labute approximate surface area is 228 Å². The minimum absolute atomic E-state index is 0.0210. The van der Waals surface area contributed by atoms with Crippen molar-refractivity contribution >= 4 is 0 Å². The summed E-state index contributed by atoms with van der Waals surface area (Å²) in [6, 6.07) is 30.9. The van der Waals surface area contributed by atoms with Crippen LogP contribution in [0.2, 0.25) is 0 Å². The SMILES string of the molecule is CC(C)/C=C/[C@H](C)[C@H]1C[C@@H](OCc2ccccc2)[C@H](OCc2ccccc2)C(COCc2ccccc2)O1. The lowest BCUT2D eigenvalue weighted by atomic mass is 9.90. The quantitative estimate of drug-likeness (QED) is 0.223. The van der Waals surface area contributed by atoms with Gasteiger partial charge in [0.25, 0.3) is 0 Å². The minimum Gasteiger partial charge on any atom is -0.374 e. The van der Waals surface area contributed by atoms with Gasteiger partial charge in [0.2, 0.25) is 0 Å². The maximum absolute atomic E-state index is 6.72. The fourth-order valence-electron chi connectivity index (χ4n) is 4.74. The highest BCUT2D eigenvalue weighted by molar-refractivity contribution is 5.15. The summed E-state index contributed by atoms with van der Waals surface area (Å²) in [5, 5.41) is 0. The monoisotopic (exact) mass is 514 g/mol. The van der Waals surface area contributed by atoms with E-state index in [9.17, 15) is 0 Å². The van der Waals surface area contributed by atoms with Crippen LogP contribution in [-0.4, -0.2) is 31.0 Å². The highest BCUT2D eigenvalue weighted by atomic mass is 16.6. The van der Waals surface area contributed by atoms with Gasteiger partial charge in [-0.05, 0) is 22.6 Å². The van der Waals surface area contributed by atoms with Crippen molar-refractivity contribution in [1.82, 2.24) is 0 Å². The van der Waals surface area contributed by atoms with Gasteiger partial charge in [-0.2, -0.15) is 0 Å². The molecule has 0 radical (unpaired) electrons. The van der Waals surface area contributed by atoms with E-state index in [1.807, 2.05) is 54.6 Å². The molecule has 0 aromatic heterocycles. The first-order valence-electron chi connectivity index (χ1n) is 13.8. The minimum atomic E-state index is -0.243. The summed E-state index contributed by atoms with van der Waals surface area (Å²) in [5.41, 5.74) is 3.43. The molecule has 3 aromatic rings. The molecule has 0 saturated carbocycles. The van der Waals surface area contributed by atoms with Crippen LogP contribution in [0.3, 0.4) is 0 Å². The normalized spacial score (nSPS) is 22.6. The first-order chi connectivity index (χ1) is 18.6. The Balaban J connectivity index is 1.52. The van der Waals surface area contributed by atoms with Gasteiger partial charge in [0.05, 0.1) is 38.6 Å². The smallest absolute Gasteiger partial charge is 0.113 e. The summed E-state index contributed by atoms with van der Waals surface area (Å²) in [4.78, 5) is 0. The third kappa shape index (κ3) is 8.92. The number of allylic oxidation sites excluding steroid dienone is 1. The molecule has 4 heteroatoms. The molecule has 0 N–H and O–H groups in total. The number of rotatable bonds is 13. The van der Waals surface area contributed by atoms with E-state index in [0.717, 1.165) is 23.1 Å². The van der Waals surface area contributed by atoms with E-state index in [1.54, 1.807) is 0 Å². The second-order valence-electron chi connectivity index (χ2n) is 10.5. The van der Waals surface area contributed by atoms with Crippen LogP contribution < -0.4 is 0 Å². The lowest BCUT2D eigenvalue weighted by Gasteiger charge is -2.43. The molecule has 0 amide bonds. The first kappa shape index (κ1) is 28.3. The van der Waals surface area contributed by atoms with Gasteiger partial charge in [0.15, 0.2) is 0 Å². The molecule has 38 heavy (non-hydrogen) atoms. The molecule has 1 heterocycles. The molecule has 0 aliphatic carbocycles. The van der Waals surface area contributed by atoms with Crippen molar-refractivity contribution in [2.24, 2.45) is 11.8 Å². The molecule has 3 aromatic carbocycles. The predicted molar refractivity (Wildman–Crippen MR) is 153 cm³/mol. The Morgan fingerprint density at radius 3 is 1.79 bits per heavy atom. The Morgan fingerprint density at radius 1 is 0.711 bits per heavy atom. The summed E-state index contributed by atoms with van der Waals surface area (Å²) in [5.74, 6) is 0.755. The van der Waals surface area contributed by atoms with Crippen molar-refractivity contribution in [2.45, 2.75) is 71.4 Å². The van der Waals surface area contributed by atoms with Crippen molar-refractivity contribution in [3.05, 3.63) is 120 Å². The Bertz CT molecular complexity index is 1070. The number of hydrogen-bond acceptors (Lipinski definition) is 4. The molecule has 5 atom stereocenters. The molecular formula is C34H42O4. The Hall–Kier alpha value is -2.76. The molecule has 1 aliphatic rings. The lowest BCUT2D eigenvalue weighted by molar-refractivity contribution is -0.225. The van der Waals surface area contributed by atoms with Crippen LogP contribution in [0.1, 0.15) is 43.9 Å². The standard InChI is InChI=1S/C34H42O4/c1-26(2)19-20-27(3)31-21-32(36-23-29-15-9-5-10-16-29)34(37-24-30-17-11-6-12-18-30)33(38-31)25-35-22-28-13-7-4-8-14-28/h4-20,26-27,31-34H,21-25H2,1-3H3/b20-19+/t27-,31+,32+,33?,34-/m0/s1. The number of ether oxygens (including phenoxy) is 4. The number of benzene rings is 3. The van der Waals surface area contributed by atoms with Crippen LogP contribution >= 0.6 is 0 Å². The van der Waals surface area contributed by atoms with Crippen molar-refractivity contribution < 1.29 is 18.9 Å². The topological polar surface area (TPSA) is 36.9 Å². The zero-order chi connectivity index (χ0) is 26.6. The summed E-state index contributed by atoms with van der Waals surface area (Å²) < 4.78 is 26.1. The molecular weight excluding hydrogens is 472 g/mol. The zero-order valence-electron chi connectivity index (χ0n) is 22.9. The van der Waals surface area contributed by atoms with E-state index in [2.05, 4.69) is 69.3 Å². The summed E-state index contributed by atoms with van der Waals surface area (Å²) in [6.45, 7) is 8.64. The van der Waals surface area contributed by atoms with Crippen LogP contribution in [0.4, 0.5) is 0 Å². The molecule has 4 nitrogen and oxygen atoms in total. The molecule has 0 bridgehead atoms. The lowest BCUT2D eigenvalue weighted by Crippen LogP contribution is -2.53. The van der Waals surface area contributed by atoms with Gasteiger partial charge in [0.1, 0.15) is 12.2 Å². The molecule has 1 saturated heterocycles. The second-order valence-corrected chi connectivity index (χ2v) is 10.5.